The highest BCUT2D eigenvalue weighted by atomic mass is 32.1. The molecule has 2 fully saturated rings. The minimum atomic E-state index is 0.715. The molecule has 0 N–H and O–H groups in total. The first-order valence-corrected chi connectivity index (χ1v) is 7.57. The van der Waals surface area contributed by atoms with E-state index in [1.165, 1.54) is 42.2 Å². The lowest BCUT2D eigenvalue weighted by molar-refractivity contribution is 0.0547. The summed E-state index contributed by atoms with van der Waals surface area (Å²) in [6.45, 7) is 9.62. The van der Waals surface area contributed by atoms with Gasteiger partial charge in [0, 0.05) is 41.5 Å². The zero-order chi connectivity index (χ0) is 11.8. The van der Waals surface area contributed by atoms with Crippen molar-refractivity contribution in [2.45, 2.75) is 45.3 Å². The SMILES string of the molecule is Cc1ccc(CN2C[C@@H]3CCCN3C[C@H]2C)s1. The summed E-state index contributed by atoms with van der Waals surface area (Å²) in [5.41, 5.74) is 0. The maximum atomic E-state index is 2.70. The van der Waals surface area contributed by atoms with E-state index < -0.39 is 0 Å². The number of hydrogen-bond donors (Lipinski definition) is 0. The normalized spacial score (nSPS) is 30.7. The average molecular weight is 250 g/mol. The van der Waals surface area contributed by atoms with Gasteiger partial charge in [0.25, 0.3) is 0 Å². The van der Waals surface area contributed by atoms with Crippen LogP contribution in [-0.4, -0.2) is 41.5 Å². The van der Waals surface area contributed by atoms with Crippen LogP contribution in [0.1, 0.15) is 29.5 Å². The fourth-order valence-electron chi connectivity index (χ4n) is 3.24. The Kier molecular flexibility index (Phi) is 3.24. The predicted molar refractivity (Wildman–Crippen MR) is 73.5 cm³/mol. The van der Waals surface area contributed by atoms with E-state index in [2.05, 4.69) is 35.8 Å². The molecule has 3 rings (SSSR count). The monoisotopic (exact) mass is 250 g/mol. The van der Waals surface area contributed by atoms with E-state index in [-0.39, 0.29) is 0 Å². The third-order valence-corrected chi connectivity index (χ3v) is 5.21. The first-order valence-electron chi connectivity index (χ1n) is 6.76. The molecule has 0 amide bonds. The van der Waals surface area contributed by atoms with Crippen LogP contribution in [0.4, 0.5) is 0 Å². The van der Waals surface area contributed by atoms with Crippen molar-refractivity contribution in [3.63, 3.8) is 0 Å². The van der Waals surface area contributed by atoms with Crippen LogP contribution < -0.4 is 0 Å². The molecule has 0 unspecified atom stereocenters. The second kappa shape index (κ2) is 4.71. The molecule has 1 aromatic heterocycles. The van der Waals surface area contributed by atoms with E-state index in [1.54, 1.807) is 0 Å². The summed E-state index contributed by atoms with van der Waals surface area (Å²) in [6, 6.07) is 6.10. The van der Waals surface area contributed by atoms with E-state index in [9.17, 15) is 0 Å². The Bertz CT molecular complexity index is 387. The Balaban J connectivity index is 1.66. The third kappa shape index (κ3) is 2.42. The first-order chi connectivity index (χ1) is 8.22. The number of rotatable bonds is 2. The topological polar surface area (TPSA) is 6.48 Å². The lowest BCUT2D eigenvalue weighted by Gasteiger charge is -2.42. The van der Waals surface area contributed by atoms with Crippen LogP contribution in [0, 0.1) is 6.92 Å². The number of aryl methyl sites for hydroxylation is 1. The molecule has 0 spiro atoms. The number of thiophene rings is 1. The van der Waals surface area contributed by atoms with Gasteiger partial charge < -0.3 is 0 Å². The van der Waals surface area contributed by atoms with Crippen LogP contribution >= 0.6 is 11.3 Å². The minimum absolute atomic E-state index is 0.715. The zero-order valence-electron chi connectivity index (χ0n) is 10.9. The molecule has 0 aliphatic carbocycles. The Morgan fingerprint density at radius 3 is 3.00 bits per heavy atom. The average Bonchev–Trinajstić information content (AvgIpc) is 2.88. The van der Waals surface area contributed by atoms with E-state index in [0.29, 0.717) is 6.04 Å². The van der Waals surface area contributed by atoms with E-state index in [4.69, 9.17) is 0 Å². The van der Waals surface area contributed by atoms with Crippen LogP contribution in [0.3, 0.4) is 0 Å². The van der Waals surface area contributed by atoms with Gasteiger partial charge in [-0.15, -0.1) is 11.3 Å². The van der Waals surface area contributed by atoms with Crippen molar-refractivity contribution in [1.82, 2.24) is 9.80 Å². The van der Waals surface area contributed by atoms with Crippen molar-refractivity contribution >= 4 is 11.3 Å². The molecule has 94 valence electrons. The smallest absolute Gasteiger partial charge is 0.0332 e. The summed E-state index contributed by atoms with van der Waals surface area (Å²) in [7, 11) is 0. The summed E-state index contributed by atoms with van der Waals surface area (Å²) in [4.78, 5) is 8.34. The predicted octanol–water partition coefficient (Wildman–Crippen LogP) is 2.73. The summed E-state index contributed by atoms with van der Waals surface area (Å²) in [5.74, 6) is 0. The van der Waals surface area contributed by atoms with Crippen LogP contribution in [0.2, 0.25) is 0 Å². The Hall–Kier alpha value is -0.380. The van der Waals surface area contributed by atoms with Crippen molar-refractivity contribution in [1.29, 1.82) is 0 Å². The van der Waals surface area contributed by atoms with Gasteiger partial charge in [-0.25, -0.2) is 0 Å². The lowest BCUT2D eigenvalue weighted by atomic mass is 10.1. The van der Waals surface area contributed by atoms with E-state index in [0.717, 1.165) is 12.6 Å². The molecule has 0 aromatic carbocycles. The van der Waals surface area contributed by atoms with Crippen molar-refractivity contribution in [2.75, 3.05) is 19.6 Å². The standard InChI is InChI=1S/C14H22N2S/c1-11-8-15-7-3-4-13(15)9-16(11)10-14-6-5-12(2)17-14/h5-6,11,13H,3-4,7-10H2,1-2H3/t11-,13+/m1/s1. The van der Waals surface area contributed by atoms with Gasteiger partial charge in [-0.1, -0.05) is 0 Å². The molecule has 17 heavy (non-hydrogen) atoms. The fraction of sp³-hybridized carbons (Fsp3) is 0.714. The van der Waals surface area contributed by atoms with Crippen LogP contribution in [0.15, 0.2) is 12.1 Å². The van der Waals surface area contributed by atoms with E-state index >= 15 is 0 Å². The number of hydrogen-bond acceptors (Lipinski definition) is 3. The van der Waals surface area contributed by atoms with Crippen LogP contribution in [0.5, 0.6) is 0 Å². The first kappa shape index (κ1) is 11.7. The number of piperazine rings is 1. The number of fused-ring (bicyclic) bond motifs is 1. The number of nitrogens with zero attached hydrogens (tertiary/aromatic N) is 2. The van der Waals surface area contributed by atoms with Crippen molar-refractivity contribution in [3.8, 4) is 0 Å². The molecule has 3 heterocycles. The highest BCUT2D eigenvalue weighted by Gasteiger charge is 2.34. The fourth-order valence-corrected chi connectivity index (χ4v) is 4.15. The van der Waals surface area contributed by atoms with Gasteiger partial charge in [0.15, 0.2) is 0 Å². The van der Waals surface area contributed by atoms with Crippen LogP contribution in [-0.2, 0) is 6.54 Å². The zero-order valence-corrected chi connectivity index (χ0v) is 11.7. The molecule has 0 radical (unpaired) electrons. The van der Waals surface area contributed by atoms with Gasteiger partial charge in [-0.2, -0.15) is 0 Å². The summed E-state index contributed by atoms with van der Waals surface area (Å²) >= 11 is 1.95. The molecule has 2 aliphatic heterocycles. The van der Waals surface area contributed by atoms with E-state index in [1.807, 2.05) is 11.3 Å². The second-order valence-electron chi connectivity index (χ2n) is 5.58. The maximum Gasteiger partial charge on any atom is 0.0332 e. The Morgan fingerprint density at radius 2 is 2.24 bits per heavy atom. The lowest BCUT2D eigenvalue weighted by Crippen LogP contribution is -2.54. The molecular weight excluding hydrogens is 228 g/mol. The molecular formula is C14H22N2S. The Morgan fingerprint density at radius 1 is 1.35 bits per heavy atom. The second-order valence-corrected chi connectivity index (χ2v) is 6.95. The largest absolute Gasteiger partial charge is 0.298 e. The molecule has 2 aliphatic rings. The van der Waals surface area contributed by atoms with Gasteiger partial charge in [0.2, 0.25) is 0 Å². The molecule has 0 bridgehead atoms. The molecule has 2 atom stereocenters. The van der Waals surface area contributed by atoms with Gasteiger partial charge >= 0.3 is 0 Å². The molecule has 2 saturated heterocycles. The molecule has 1 aromatic rings. The minimum Gasteiger partial charge on any atom is -0.298 e. The highest BCUT2D eigenvalue weighted by Crippen LogP contribution is 2.27. The van der Waals surface area contributed by atoms with Crippen molar-refractivity contribution < 1.29 is 0 Å². The van der Waals surface area contributed by atoms with Crippen LogP contribution in [0.25, 0.3) is 0 Å². The third-order valence-electron chi connectivity index (χ3n) is 4.22. The summed E-state index contributed by atoms with van der Waals surface area (Å²) in [6.07, 6.45) is 2.82. The Labute approximate surface area is 108 Å². The van der Waals surface area contributed by atoms with Crippen molar-refractivity contribution in [3.05, 3.63) is 21.9 Å². The summed E-state index contributed by atoms with van der Waals surface area (Å²) < 4.78 is 0. The van der Waals surface area contributed by atoms with Gasteiger partial charge in [0.05, 0.1) is 0 Å². The summed E-state index contributed by atoms with van der Waals surface area (Å²) in [5, 5.41) is 0. The quantitative estimate of drug-likeness (QED) is 0.796. The highest BCUT2D eigenvalue weighted by molar-refractivity contribution is 7.11. The molecule has 2 nitrogen and oxygen atoms in total. The maximum absolute atomic E-state index is 2.70. The van der Waals surface area contributed by atoms with Gasteiger partial charge in [-0.05, 0) is 45.4 Å². The van der Waals surface area contributed by atoms with Crippen molar-refractivity contribution in [2.24, 2.45) is 0 Å². The van der Waals surface area contributed by atoms with Gasteiger partial charge in [0.1, 0.15) is 0 Å². The molecule has 0 saturated carbocycles. The van der Waals surface area contributed by atoms with Gasteiger partial charge in [-0.3, -0.25) is 9.80 Å². The molecule has 3 heteroatoms.